The second-order valence-electron chi connectivity index (χ2n) is 4.07. The Morgan fingerprint density at radius 1 is 1.42 bits per heavy atom. The minimum atomic E-state index is -1.28. The maximum atomic E-state index is 14.1. The number of amides is 2. The van der Waals surface area contributed by atoms with E-state index in [2.05, 4.69) is 5.32 Å². The van der Waals surface area contributed by atoms with Crippen LogP contribution in [0.4, 0.5) is 14.9 Å². The summed E-state index contributed by atoms with van der Waals surface area (Å²) >= 11 is 5.79. The van der Waals surface area contributed by atoms with Crippen LogP contribution in [0.3, 0.4) is 0 Å². The number of anilines is 1. The Bertz CT molecular complexity index is 580. The second-order valence-corrected chi connectivity index (χ2v) is 4.48. The minimum Gasteiger partial charge on any atom is -0.431 e. The predicted molar refractivity (Wildman–Crippen MR) is 68.2 cm³/mol. The quantitative estimate of drug-likeness (QED) is 0.834. The van der Waals surface area contributed by atoms with Crippen molar-refractivity contribution >= 4 is 41.7 Å². The van der Waals surface area contributed by atoms with Crippen molar-refractivity contribution in [3.05, 3.63) is 28.0 Å². The highest BCUT2D eigenvalue weighted by Gasteiger charge is 2.39. The Hall–Kier alpha value is -1.53. The van der Waals surface area contributed by atoms with Gasteiger partial charge in [0.1, 0.15) is 0 Å². The molecule has 0 radical (unpaired) electrons. The summed E-state index contributed by atoms with van der Waals surface area (Å²) in [6, 6.07) is 1.52. The van der Waals surface area contributed by atoms with E-state index in [4.69, 9.17) is 16.3 Å². The van der Waals surface area contributed by atoms with Crippen molar-refractivity contribution < 1.29 is 18.7 Å². The van der Waals surface area contributed by atoms with E-state index in [0.717, 1.165) is 5.56 Å². The standard InChI is InChI=1S/C11H8ClFN2O3.ClH/c12-5-3-4-1-2-14-8(4)6(7(5)13)9-10(16)15-11(17)18-9;/h3,9,14H,1-2H2,(H,15,16,17);1H. The number of benzene rings is 1. The first-order valence-corrected chi connectivity index (χ1v) is 5.72. The number of hydrogen-bond acceptors (Lipinski definition) is 4. The van der Waals surface area contributed by atoms with Crippen molar-refractivity contribution in [2.45, 2.75) is 12.5 Å². The van der Waals surface area contributed by atoms with E-state index < -0.39 is 23.9 Å². The molecule has 0 spiro atoms. The maximum Gasteiger partial charge on any atom is 0.415 e. The number of imide groups is 1. The number of fused-ring (bicyclic) bond motifs is 1. The molecule has 2 amide bonds. The van der Waals surface area contributed by atoms with Crippen LogP contribution < -0.4 is 10.6 Å². The third-order valence-electron chi connectivity index (χ3n) is 2.98. The van der Waals surface area contributed by atoms with Gasteiger partial charge >= 0.3 is 6.09 Å². The zero-order valence-electron chi connectivity index (χ0n) is 9.46. The van der Waals surface area contributed by atoms with Gasteiger partial charge in [0.2, 0.25) is 6.10 Å². The lowest BCUT2D eigenvalue weighted by Gasteiger charge is -2.14. The Morgan fingerprint density at radius 3 is 2.79 bits per heavy atom. The highest BCUT2D eigenvalue weighted by Crippen LogP contribution is 2.39. The van der Waals surface area contributed by atoms with Crippen LogP contribution >= 0.6 is 24.0 Å². The van der Waals surface area contributed by atoms with E-state index in [1.54, 1.807) is 0 Å². The molecule has 1 atom stereocenters. The van der Waals surface area contributed by atoms with Crippen LogP contribution in [-0.4, -0.2) is 18.5 Å². The normalized spacial score (nSPS) is 20.2. The monoisotopic (exact) mass is 306 g/mol. The number of carbonyl (C=O) groups is 2. The van der Waals surface area contributed by atoms with Gasteiger partial charge in [-0.15, -0.1) is 12.4 Å². The first-order chi connectivity index (χ1) is 8.58. The van der Waals surface area contributed by atoms with Gasteiger partial charge in [0.05, 0.1) is 10.6 Å². The molecule has 2 N–H and O–H groups in total. The summed E-state index contributed by atoms with van der Waals surface area (Å²) in [6.07, 6.45) is -1.48. The fourth-order valence-electron chi connectivity index (χ4n) is 2.22. The molecular weight excluding hydrogens is 298 g/mol. The van der Waals surface area contributed by atoms with E-state index in [-0.39, 0.29) is 23.0 Å². The molecule has 1 unspecified atom stereocenters. The number of hydrogen-bond donors (Lipinski definition) is 2. The van der Waals surface area contributed by atoms with Crippen LogP contribution in [0.25, 0.3) is 0 Å². The molecule has 0 aliphatic carbocycles. The van der Waals surface area contributed by atoms with Gasteiger partial charge in [-0.25, -0.2) is 9.18 Å². The van der Waals surface area contributed by atoms with Crippen LogP contribution in [0.1, 0.15) is 17.2 Å². The highest BCUT2D eigenvalue weighted by atomic mass is 35.5. The first kappa shape index (κ1) is 13.9. The molecule has 2 aliphatic heterocycles. The van der Waals surface area contributed by atoms with Crippen molar-refractivity contribution in [3.63, 3.8) is 0 Å². The Morgan fingerprint density at radius 2 is 2.16 bits per heavy atom. The van der Waals surface area contributed by atoms with Gasteiger partial charge in [-0.2, -0.15) is 0 Å². The number of halogens is 3. The summed E-state index contributed by atoms with van der Waals surface area (Å²) in [5.41, 5.74) is 1.30. The molecular formula is C11H9Cl2FN2O3. The Balaban J connectivity index is 0.00000133. The molecule has 3 rings (SSSR count). The van der Waals surface area contributed by atoms with Crippen LogP contribution in [0.5, 0.6) is 0 Å². The van der Waals surface area contributed by atoms with Crippen molar-refractivity contribution in [1.82, 2.24) is 5.32 Å². The van der Waals surface area contributed by atoms with Crippen LogP contribution in [0, 0.1) is 5.82 Å². The van der Waals surface area contributed by atoms with Crippen LogP contribution in [-0.2, 0) is 16.0 Å². The smallest absolute Gasteiger partial charge is 0.415 e. The van der Waals surface area contributed by atoms with Gasteiger partial charge in [-0.3, -0.25) is 10.1 Å². The van der Waals surface area contributed by atoms with Crippen molar-refractivity contribution in [2.75, 3.05) is 11.9 Å². The maximum absolute atomic E-state index is 14.1. The summed E-state index contributed by atoms with van der Waals surface area (Å²) in [5, 5.41) is 4.86. The van der Waals surface area contributed by atoms with Crippen LogP contribution in [0.2, 0.25) is 5.02 Å². The molecule has 1 aromatic rings. The van der Waals surface area contributed by atoms with E-state index in [9.17, 15) is 14.0 Å². The average Bonchev–Trinajstić information content (AvgIpc) is 2.87. The molecule has 0 bridgehead atoms. The van der Waals surface area contributed by atoms with E-state index in [1.165, 1.54) is 6.07 Å². The fraction of sp³-hybridized carbons (Fsp3) is 0.273. The number of nitrogens with one attached hydrogen (secondary N) is 2. The van der Waals surface area contributed by atoms with E-state index in [1.807, 2.05) is 5.32 Å². The summed E-state index contributed by atoms with van der Waals surface area (Å²) in [4.78, 5) is 22.6. The second kappa shape index (κ2) is 4.86. The van der Waals surface area contributed by atoms with Gasteiger partial charge in [-0.1, -0.05) is 11.6 Å². The van der Waals surface area contributed by atoms with Gasteiger partial charge < -0.3 is 10.1 Å². The molecule has 0 saturated carbocycles. The third-order valence-corrected chi connectivity index (χ3v) is 3.26. The Kier molecular flexibility index (Phi) is 3.56. The molecule has 8 heteroatoms. The summed E-state index contributed by atoms with van der Waals surface area (Å²) in [6.45, 7) is 0.629. The number of alkyl carbamates (subject to hydrolysis) is 1. The number of cyclic esters (lactones) is 1. The van der Waals surface area contributed by atoms with Crippen LogP contribution in [0.15, 0.2) is 6.07 Å². The molecule has 1 fully saturated rings. The SMILES string of the molecule is Cl.O=C1NC(=O)C(c2c(F)c(Cl)cc3c2NCC3)O1. The molecule has 1 aromatic carbocycles. The summed E-state index contributed by atoms with van der Waals surface area (Å²) in [7, 11) is 0. The lowest BCUT2D eigenvalue weighted by Crippen LogP contribution is -2.21. The summed E-state index contributed by atoms with van der Waals surface area (Å²) in [5.74, 6) is -1.42. The van der Waals surface area contributed by atoms with E-state index in [0.29, 0.717) is 18.7 Å². The molecule has 19 heavy (non-hydrogen) atoms. The zero-order valence-corrected chi connectivity index (χ0v) is 11.0. The predicted octanol–water partition coefficient (Wildman–Crippen LogP) is 2.18. The lowest BCUT2D eigenvalue weighted by atomic mass is 10.0. The first-order valence-electron chi connectivity index (χ1n) is 5.34. The van der Waals surface area contributed by atoms with Gasteiger partial charge in [0, 0.05) is 12.2 Å². The number of carbonyl (C=O) groups excluding carboxylic acids is 2. The molecule has 5 nitrogen and oxygen atoms in total. The lowest BCUT2D eigenvalue weighted by molar-refractivity contribution is -0.123. The van der Waals surface area contributed by atoms with Crippen molar-refractivity contribution in [2.24, 2.45) is 0 Å². The Labute approximate surface area is 118 Å². The van der Waals surface area contributed by atoms with Gasteiger partial charge in [-0.05, 0) is 18.1 Å². The molecule has 1 saturated heterocycles. The third kappa shape index (κ3) is 2.11. The molecule has 0 aromatic heterocycles. The van der Waals surface area contributed by atoms with Gasteiger partial charge in [0.15, 0.2) is 5.82 Å². The number of rotatable bonds is 1. The molecule has 2 aliphatic rings. The topological polar surface area (TPSA) is 67.4 Å². The highest BCUT2D eigenvalue weighted by molar-refractivity contribution is 6.31. The molecule has 2 heterocycles. The largest absolute Gasteiger partial charge is 0.431 e. The minimum absolute atomic E-state index is 0. The van der Waals surface area contributed by atoms with Gasteiger partial charge in [0.25, 0.3) is 5.91 Å². The fourth-order valence-corrected chi connectivity index (χ4v) is 2.45. The average molecular weight is 307 g/mol. The summed E-state index contributed by atoms with van der Waals surface area (Å²) < 4.78 is 18.8. The zero-order chi connectivity index (χ0) is 12.9. The molecule has 102 valence electrons. The van der Waals surface area contributed by atoms with Crippen molar-refractivity contribution in [3.8, 4) is 0 Å². The van der Waals surface area contributed by atoms with E-state index >= 15 is 0 Å². The number of ether oxygens (including phenoxy) is 1. The van der Waals surface area contributed by atoms with Crippen molar-refractivity contribution in [1.29, 1.82) is 0 Å².